The van der Waals surface area contributed by atoms with Crippen LogP contribution in [-0.4, -0.2) is 18.1 Å². The Bertz CT molecular complexity index is 171. The lowest BCUT2D eigenvalue weighted by atomic mass is 10.0. The fourth-order valence-corrected chi connectivity index (χ4v) is 2.67. The van der Waals surface area contributed by atoms with Crippen molar-refractivity contribution in [3.63, 3.8) is 0 Å². The zero-order chi connectivity index (χ0) is 14.9. The van der Waals surface area contributed by atoms with Crippen LogP contribution in [0.25, 0.3) is 0 Å². The number of hydrogen-bond acceptors (Lipinski definition) is 2. The number of unbranched alkanes of at least 4 members (excludes halogenated alkanes) is 13. The Morgan fingerprint density at radius 3 is 1.25 bits per heavy atom. The van der Waals surface area contributed by atoms with Gasteiger partial charge in [0.25, 0.3) is 0 Å². The molecule has 0 aromatic carbocycles. The lowest BCUT2D eigenvalue weighted by Crippen LogP contribution is -2.31. The van der Waals surface area contributed by atoms with Crippen LogP contribution in [0, 0.1) is 0 Å². The maximum Gasteiger partial charge on any atom is 0.0128 e. The van der Waals surface area contributed by atoms with Gasteiger partial charge in [0.1, 0.15) is 0 Å². The SMILES string of the molecule is CCCCCCCCCCCCCCCCN(N)CC. The van der Waals surface area contributed by atoms with Crippen molar-refractivity contribution in [2.24, 2.45) is 5.84 Å². The third-order valence-corrected chi connectivity index (χ3v) is 4.21. The number of hydrazine groups is 1. The molecular weight excluding hydrogens is 244 g/mol. The van der Waals surface area contributed by atoms with Gasteiger partial charge in [-0.25, -0.2) is 5.01 Å². The van der Waals surface area contributed by atoms with Crippen molar-refractivity contribution >= 4 is 0 Å². The molecular formula is C18H40N2. The second kappa shape index (κ2) is 17.0. The molecule has 0 radical (unpaired) electrons. The summed E-state index contributed by atoms with van der Waals surface area (Å²) < 4.78 is 0. The van der Waals surface area contributed by atoms with E-state index in [1.807, 2.05) is 5.01 Å². The minimum absolute atomic E-state index is 0.971. The zero-order valence-electron chi connectivity index (χ0n) is 14.3. The second-order valence-electron chi connectivity index (χ2n) is 6.22. The van der Waals surface area contributed by atoms with Gasteiger partial charge in [-0.2, -0.15) is 0 Å². The first-order valence-electron chi connectivity index (χ1n) is 9.30. The Balaban J connectivity index is 2.96. The van der Waals surface area contributed by atoms with E-state index in [1.165, 1.54) is 89.9 Å². The standard InChI is InChI=1S/C18H40N2/c1-3-5-6-7-8-9-10-11-12-13-14-15-16-17-18-20(19)4-2/h3-19H2,1-2H3. The highest BCUT2D eigenvalue weighted by Gasteiger charge is 1.96. The van der Waals surface area contributed by atoms with E-state index in [0.717, 1.165) is 13.1 Å². The molecule has 0 spiro atoms. The van der Waals surface area contributed by atoms with Gasteiger partial charge in [-0.3, -0.25) is 5.84 Å². The molecule has 0 bridgehead atoms. The number of nitrogens with two attached hydrogens (primary N) is 1. The molecule has 122 valence electrons. The maximum atomic E-state index is 5.75. The fourth-order valence-electron chi connectivity index (χ4n) is 2.67. The summed E-state index contributed by atoms with van der Waals surface area (Å²) >= 11 is 0. The Morgan fingerprint density at radius 1 is 0.550 bits per heavy atom. The molecule has 0 heterocycles. The van der Waals surface area contributed by atoms with Crippen molar-refractivity contribution in [1.29, 1.82) is 0 Å². The highest BCUT2D eigenvalue weighted by Crippen LogP contribution is 2.12. The minimum atomic E-state index is 0.971. The predicted molar refractivity (Wildman–Crippen MR) is 91.7 cm³/mol. The van der Waals surface area contributed by atoms with E-state index < -0.39 is 0 Å². The van der Waals surface area contributed by atoms with Crippen LogP contribution in [0.2, 0.25) is 0 Å². The molecule has 0 aromatic rings. The highest BCUT2D eigenvalue weighted by atomic mass is 15.4. The maximum absolute atomic E-state index is 5.75. The largest absolute Gasteiger partial charge is 0.269 e. The molecule has 2 heteroatoms. The van der Waals surface area contributed by atoms with Crippen LogP contribution in [0.15, 0.2) is 0 Å². The van der Waals surface area contributed by atoms with Crippen LogP contribution in [0.4, 0.5) is 0 Å². The average molecular weight is 285 g/mol. The molecule has 0 amide bonds. The Kier molecular flexibility index (Phi) is 16.9. The van der Waals surface area contributed by atoms with Gasteiger partial charge in [0.05, 0.1) is 0 Å². The molecule has 0 aliphatic heterocycles. The molecule has 20 heavy (non-hydrogen) atoms. The van der Waals surface area contributed by atoms with Crippen molar-refractivity contribution in [1.82, 2.24) is 5.01 Å². The van der Waals surface area contributed by atoms with E-state index in [-0.39, 0.29) is 0 Å². The Labute approximate surface area is 128 Å². The summed E-state index contributed by atoms with van der Waals surface area (Å²) in [5.41, 5.74) is 0. The van der Waals surface area contributed by atoms with Gasteiger partial charge in [0.2, 0.25) is 0 Å². The zero-order valence-corrected chi connectivity index (χ0v) is 14.3. The van der Waals surface area contributed by atoms with Gasteiger partial charge >= 0.3 is 0 Å². The normalized spacial score (nSPS) is 11.4. The molecule has 2 N–H and O–H groups in total. The van der Waals surface area contributed by atoms with Gasteiger partial charge in [-0.05, 0) is 6.42 Å². The quantitative estimate of drug-likeness (QED) is 0.225. The van der Waals surface area contributed by atoms with Crippen LogP contribution in [0.3, 0.4) is 0 Å². The first-order chi connectivity index (χ1) is 9.81. The molecule has 0 aliphatic rings. The van der Waals surface area contributed by atoms with E-state index in [4.69, 9.17) is 5.84 Å². The first kappa shape index (κ1) is 19.9. The van der Waals surface area contributed by atoms with Crippen LogP contribution >= 0.6 is 0 Å². The molecule has 2 nitrogen and oxygen atoms in total. The third-order valence-electron chi connectivity index (χ3n) is 4.21. The van der Waals surface area contributed by atoms with Crippen LogP contribution in [-0.2, 0) is 0 Å². The fraction of sp³-hybridized carbons (Fsp3) is 1.00. The van der Waals surface area contributed by atoms with Gasteiger partial charge in [0.15, 0.2) is 0 Å². The van der Waals surface area contributed by atoms with Crippen molar-refractivity contribution in [2.45, 2.75) is 104 Å². The van der Waals surface area contributed by atoms with Crippen LogP contribution in [0.5, 0.6) is 0 Å². The number of hydrogen-bond donors (Lipinski definition) is 1. The summed E-state index contributed by atoms with van der Waals surface area (Å²) in [5, 5.41) is 1.92. The van der Waals surface area contributed by atoms with Crippen LogP contribution in [0.1, 0.15) is 104 Å². The van der Waals surface area contributed by atoms with Gasteiger partial charge < -0.3 is 0 Å². The van der Waals surface area contributed by atoms with Gasteiger partial charge in [-0.15, -0.1) is 0 Å². The molecule has 0 saturated heterocycles. The molecule has 0 aromatic heterocycles. The second-order valence-corrected chi connectivity index (χ2v) is 6.22. The van der Waals surface area contributed by atoms with E-state index in [1.54, 1.807) is 0 Å². The smallest absolute Gasteiger partial charge is 0.0128 e. The van der Waals surface area contributed by atoms with E-state index in [9.17, 15) is 0 Å². The highest BCUT2D eigenvalue weighted by molar-refractivity contribution is 4.50. The van der Waals surface area contributed by atoms with Crippen LogP contribution < -0.4 is 5.84 Å². The molecule has 0 aliphatic carbocycles. The minimum Gasteiger partial charge on any atom is -0.269 e. The monoisotopic (exact) mass is 284 g/mol. The molecule has 0 unspecified atom stereocenters. The van der Waals surface area contributed by atoms with E-state index in [2.05, 4.69) is 13.8 Å². The third kappa shape index (κ3) is 16.0. The van der Waals surface area contributed by atoms with Gasteiger partial charge in [-0.1, -0.05) is 97.3 Å². The van der Waals surface area contributed by atoms with Gasteiger partial charge in [0, 0.05) is 13.1 Å². The lowest BCUT2D eigenvalue weighted by Gasteiger charge is -2.12. The Morgan fingerprint density at radius 2 is 0.900 bits per heavy atom. The predicted octanol–water partition coefficient (Wildman–Crippen LogP) is 5.66. The number of rotatable bonds is 16. The molecule has 0 saturated carbocycles. The Hall–Kier alpha value is -0.0800. The van der Waals surface area contributed by atoms with E-state index >= 15 is 0 Å². The molecule has 0 atom stereocenters. The topological polar surface area (TPSA) is 29.3 Å². The molecule has 0 fully saturated rings. The summed E-state index contributed by atoms with van der Waals surface area (Å²) in [7, 11) is 0. The lowest BCUT2D eigenvalue weighted by molar-refractivity contribution is 0.290. The molecule has 0 rings (SSSR count). The van der Waals surface area contributed by atoms with Crippen molar-refractivity contribution in [3.05, 3.63) is 0 Å². The van der Waals surface area contributed by atoms with Crippen molar-refractivity contribution in [2.75, 3.05) is 13.1 Å². The average Bonchev–Trinajstić information content (AvgIpc) is 2.47. The number of nitrogens with zero attached hydrogens (tertiary/aromatic N) is 1. The van der Waals surface area contributed by atoms with E-state index in [0.29, 0.717) is 0 Å². The summed E-state index contributed by atoms with van der Waals surface area (Å²) in [6, 6.07) is 0. The van der Waals surface area contributed by atoms with Crippen molar-refractivity contribution in [3.8, 4) is 0 Å². The summed E-state index contributed by atoms with van der Waals surface area (Å²) in [6.07, 6.45) is 19.9. The summed E-state index contributed by atoms with van der Waals surface area (Å²) in [5.74, 6) is 5.75. The van der Waals surface area contributed by atoms with Crippen molar-refractivity contribution < 1.29 is 0 Å². The summed E-state index contributed by atoms with van der Waals surface area (Å²) in [6.45, 7) is 6.44. The summed E-state index contributed by atoms with van der Waals surface area (Å²) in [4.78, 5) is 0. The first-order valence-corrected chi connectivity index (χ1v) is 9.30.